The van der Waals surface area contributed by atoms with Gasteiger partial charge in [-0.05, 0) is 18.2 Å². The van der Waals surface area contributed by atoms with Gasteiger partial charge in [0.25, 0.3) is 5.91 Å². The van der Waals surface area contributed by atoms with Crippen molar-refractivity contribution in [1.29, 1.82) is 0 Å². The molecule has 1 aliphatic rings. The van der Waals surface area contributed by atoms with Crippen LogP contribution in [0.15, 0.2) is 47.3 Å². The highest BCUT2D eigenvalue weighted by atomic mass is 16.6. The Hall–Kier alpha value is -2.47. The third-order valence-electron chi connectivity index (χ3n) is 3.20. The summed E-state index contributed by atoms with van der Waals surface area (Å²) in [6.07, 6.45) is 1.36. The quantitative estimate of drug-likeness (QED) is 0.886. The Morgan fingerprint density at radius 1 is 1.33 bits per heavy atom. The fraction of sp³-hybridized carbons (Fsp3) is 0.267. The molecule has 2 heterocycles. The van der Waals surface area contributed by atoms with E-state index in [-0.39, 0.29) is 19.1 Å². The van der Waals surface area contributed by atoms with E-state index >= 15 is 0 Å². The van der Waals surface area contributed by atoms with E-state index in [4.69, 9.17) is 13.9 Å². The van der Waals surface area contributed by atoms with Gasteiger partial charge in [-0.1, -0.05) is 12.1 Å². The summed E-state index contributed by atoms with van der Waals surface area (Å²) >= 11 is 0. The third kappa shape index (κ3) is 3.00. The molecule has 1 aromatic carbocycles. The molecule has 110 valence electrons. The van der Waals surface area contributed by atoms with Gasteiger partial charge in [-0.15, -0.1) is 0 Å². The van der Waals surface area contributed by atoms with Crippen molar-refractivity contribution in [2.75, 3.05) is 13.2 Å². The number of benzene rings is 1. The second kappa shape index (κ2) is 5.88. The average Bonchev–Trinajstić information content (AvgIpc) is 3.06. The maximum absolute atomic E-state index is 12.0. The standard InChI is InChI=1S/C15H15NO5/c17-11(10-5-6-19-8-10)7-16-15(18)14-9-20-12-3-1-2-4-13(12)21-14/h1-6,8,11,14,17H,7,9H2,(H,16,18)/t11-,14+/m1/s1. The summed E-state index contributed by atoms with van der Waals surface area (Å²) in [7, 11) is 0. The van der Waals surface area contributed by atoms with E-state index in [1.807, 2.05) is 12.1 Å². The fourth-order valence-corrected chi connectivity index (χ4v) is 2.04. The largest absolute Gasteiger partial charge is 0.485 e. The number of amides is 1. The van der Waals surface area contributed by atoms with Crippen LogP contribution in [0.4, 0.5) is 0 Å². The topological polar surface area (TPSA) is 80.9 Å². The molecule has 0 bridgehead atoms. The van der Waals surface area contributed by atoms with Gasteiger partial charge >= 0.3 is 0 Å². The third-order valence-corrected chi connectivity index (χ3v) is 3.20. The van der Waals surface area contributed by atoms with E-state index in [2.05, 4.69) is 5.32 Å². The molecule has 3 rings (SSSR count). The zero-order valence-corrected chi connectivity index (χ0v) is 11.2. The second-order valence-corrected chi connectivity index (χ2v) is 4.68. The summed E-state index contributed by atoms with van der Waals surface area (Å²) in [6.45, 7) is 0.227. The Balaban J connectivity index is 1.55. The SMILES string of the molecule is O=C(NC[C@@H](O)c1ccoc1)[C@@H]1COc2ccccc2O1. The number of ether oxygens (including phenoxy) is 2. The molecule has 6 nitrogen and oxygen atoms in total. The van der Waals surface area contributed by atoms with Crippen molar-refractivity contribution in [1.82, 2.24) is 5.32 Å². The molecule has 0 saturated carbocycles. The van der Waals surface area contributed by atoms with Crippen LogP contribution in [0.25, 0.3) is 0 Å². The minimum Gasteiger partial charge on any atom is -0.485 e. The molecular formula is C15H15NO5. The number of aliphatic hydroxyl groups is 1. The molecule has 0 unspecified atom stereocenters. The van der Waals surface area contributed by atoms with Crippen LogP contribution >= 0.6 is 0 Å². The monoisotopic (exact) mass is 289 g/mol. The Morgan fingerprint density at radius 2 is 2.14 bits per heavy atom. The van der Waals surface area contributed by atoms with Crippen LogP contribution in [0.5, 0.6) is 11.5 Å². The molecule has 2 N–H and O–H groups in total. The van der Waals surface area contributed by atoms with Crippen LogP contribution in [0.3, 0.4) is 0 Å². The number of carbonyl (C=O) groups excluding carboxylic acids is 1. The molecule has 0 radical (unpaired) electrons. The molecule has 1 aliphatic heterocycles. The predicted molar refractivity (Wildman–Crippen MR) is 73.0 cm³/mol. The molecular weight excluding hydrogens is 274 g/mol. The Labute approximate surface area is 121 Å². The molecule has 0 aliphatic carbocycles. The van der Waals surface area contributed by atoms with E-state index in [1.165, 1.54) is 12.5 Å². The van der Waals surface area contributed by atoms with E-state index in [0.717, 1.165) is 0 Å². The van der Waals surface area contributed by atoms with Gasteiger partial charge in [-0.3, -0.25) is 4.79 Å². The smallest absolute Gasteiger partial charge is 0.264 e. The lowest BCUT2D eigenvalue weighted by atomic mass is 10.2. The van der Waals surface area contributed by atoms with Crippen molar-refractivity contribution in [2.45, 2.75) is 12.2 Å². The number of rotatable bonds is 4. The van der Waals surface area contributed by atoms with Crippen LogP contribution in [0.1, 0.15) is 11.7 Å². The molecule has 6 heteroatoms. The van der Waals surface area contributed by atoms with Gasteiger partial charge in [0.05, 0.1) is 18.6 Å². The number of hydrogen-bond acceptors (Lipinski definition) is 5. The zero-order valence-electron chi connectivity index (χ0n) is 11.2. The summed E-state index contributed by atoms with van der Waals surface area (Å²) in [5, 5.41) is 12.5. The first-order valence-corrected chi connectivity index (χ1v) is 6.60. The first-order valence-electron chi connectivity index (χ1n) is 6.60. The van der Waals surface area contributed by atoms with Crippen LogP contribution in [0.2, 0.25) is 0 Å². The molecule has 2 aromatic rings. The number of aliphatic hydroxyl groups excluding tert-OH is 1. The van der Waals surface area contributed by atoms with E-state index < -0.39 is 12.2 Å². The maximum Gasteiger partial charge on any atom is 0.264 e. The minimum absolute atomic E-state index is 0.0832. The molecule has 21 heavy (non-hydrogen) atoms. The molecule has 1 aromatic heterocycles. The van der Waals surface area contributed by atoms with Gasteiger partial charge in [0, 0.05) is 12.1 Å². The van der Waals surface area contributed by atoms with Crippen LogP contribution in [-0.4, -0.2) is 30.3 Å². The van der Waals surface area contributed by atoms with Crippen LogP contribution < -0.4 is 14.8 Å². The normalized spacial score (nSPS) is 18.0. The summed E-state index contributed by atoms with van der Waals surface area (Å²) < 4.78 is 15.9. The van der Waals surface area contributed by atoms with Crippen LogP contribution in [-0.2, 0) is 4.79 Å². The predicted octanol–water partition coefficient (Wildman–Crippen LogP) is 1.27. The van der Waals surface area contributed by atoms with Gasteiger partial charge in [-0.25, -0.2) is 0 Å². The number of nitrogens with one attached hydrogen (secondary N) is 1. The first kappa shape index (κ1) is 13.5. The summed E-state index contributed by atoms with van der Waals surface area (Å²) in [4.78, 5) is 12.0. The number of para-hydroxylation sites is 2. The van der Waals surface area contributed by atoms with Gasteiger partial charge in [-0.2, -0.15) is 0 Å². The lowest BCUT2D eigenvalue weighted by Crippen LogP contribution is -2.45. The average molecular weight is 289 g/mol. The molecule has 2 atom stereocenters. The minimum atomic E-state index is -0.815. The van der Waals surface area contributed by atoms with Crippen LogP contribution in [0, 0.1) is 0 Å². The van der Waals surface area contributed by atoms with Gasteiger partial charge in [0.15, 0.2) is 11.5 Å². The van der Waals surface area contributed by atoms with Crippen molar-refractivity contribution < 1.29 is 23.8 Å². The summed E-state index contributed by atoms with van der Waals surface area (Å²) in [5.41, 5.74) is 0.612. The van der Waals surface area contributed by atoms with Crippen molar-refractivity contribution in [2.24, 2.45) is 0 Å². The van der Waals surface area contributed by atoms with E-state index in [0.29, 0.717) is 17.1 Å². The highest BCUT2D eigenvalue weighted by Crippen LogP contribution is 2.30. The fourth-order valence-electron chi connectivity index (χ4n) is 2.04. The molecule has 0 spiro atoms. The Kier molecular flexibility index (Phi) is 3.79. The highest BCUT2D eigenvalue weighted by molar-refractivity contribution is 5.81. The summed E-state index contributed by atoms with van der Waals surface area (Å²) in [5.74, 6) is 0.839. The van der Waals surface area contributed by atoms with Gasteiger partial charge in [0.2, 0.25) is 6.10 Å². The Bertz CT molecular complexity index is 610. The van der Waals surface area contributed by atoms with Gasteiger partial charge in [0.1, 0.15) is 6.61 Å². The maximum atomic E-state index is 12.0. The first-order chi connectivity index (χ1) is 10.2. The zero-order chi connectivity index (χ0) is 14.7. The molecule has 0 saturated heterocycles. The number of hydrogen-bond donors (Lipinski definition) is 2. The van der Waals surface area contributed by atoms with E-state index in [9.17, 15) is 9.90 Å². The number of furan rings is 1. The van der Waals surface area contributed by atoms with Crippen molar-refractivity contribution in [3.05, 3.63) is 48.4 Å². The number of carbonyl (C=O) groups is 1. The lowest BCUT2D eigenvalue weighted by Gasteiger charge is -2.25. The van der Waals surface area contributed by atoms with Crippen molar-refractivity contribution in [3.63, 3.8) is 0 Å². The number of fused-ring (bicyclic) bond motifs is 1. The molecule has 0 fully saturated rings. The van der Waals surface area contributed by atoms with Gasteiger partial charge < -0.3 is 24.3 Å². The van der Waals surface area contributed by atoms with E-state index in [1.54, 1.807) is 18.2 Å². The van der Waals surface area contributed by atoms with Crippen molar-refractivity contribution in [3.8, 4) is 11.5 Å². The highest BCUT2D eigenvalue weighted by Gasteiger charge is 2.27. The lowest BCUT2D eigenvalue weighted by molar-refractivity contribution is -0.130. The molecule has 1 amide bonds. The summed E-state index contributed by atoms with van der Waals surface area (Å²) in [6, 6.07) is 8.82. The Morgan fingerprint density at radius 3 is 2.90 bits per heavy atom. The second-order valence-electron chi connectivity index (χ2n) is 4.68. The van der Waals surface area contributed by atoms with Crippen molar-refractivity contribution >= 4 is 5.91 Å².